The van der Waals surface area contributed by atoms with E-state index >= 15 is 0 Å². The molecule has 2 heterocycles. The predicted molar refractivity (Wildman–Crippen MR) is 92.5 cm³/mol. The Morgan fingerprint density at radius 3 is 2.60 bits per heavy atom. The number of carbonyl (C=O) groups excluding carboxylic acids is 1. The van der Waals surface area contributed by atoms with Gasteiger partial charge >= 0.3 is 5.97 Å². The highest BCUT2D eigenvalue weighted by Gasteiger charge is 2.30. The summed E-state index contributed by atoms with van der Waals surface area (Å²) in [6, 6.07) is 8.95. The van der Waals surface area contributed by atoms with Gasteiger partial charge in [-0.3, -0.25) is 9.78 Å². The first-order valence-electron chi connectivity index (χ1n) is 8.48. The number of carboxylic acid groups (broad SMARTS) is 1. The van der Waals surface area contributed by atoms with E-state index in [-0.39, 0.29) is 17.5 Å². The minimum Gasteiger partial charge on any atom is -0.478 e. The number of carbonyl (C=O) groups is 2. The van der Waals surface area contributed by atoms with Crippen LogP contribution in [-0.2, 0) is 6.42 Å². The van der Waals surface area contributed by atoms with Crippen molar-refractivity contribution < 1.29 is 14.7 Å². The number of carboxylic acids is 1. The number of aryl methyl sites for hydroxylation is 1. The summed E-state index contributed by atoms with van der Waals surface area (Å²) in [6.07, 6.45) is 5.57. The fraction of sp³-hybridized carbons (Fsp3) is 0.368. The second kappa shape index (κ2) is 7.42. The Morgan fingerprint density at radius 2 is 2.04 bits per heavy atom. The Labute approximate surface area is 146 Å². The number of amides is 1. The highest BCUT2D eigenvalue weighted by Crippen LogP contribution is 2.26. The summed E-state index contributed by atoms with van der Waals surface area (Å²) in [5, 5.41) is 9.11. The van der Waals surface area contributed by atoms with Crippen LogP contribution in [0.15, 0.2) is 36.5 Å². The molecule has 1 N–H and O–H groups in total. The fourth-order valence-corrected chi connectivity index (χ4v) is 2.98. The van der Waals surface area contributed by atoms with E-state index < -0.39 is 5.97 Å². The Morgan fingerprint density at radius 1 is 1.24 bits per heavy atom. The lowest BCUT2D eigenvalue weighted by Crippen LogP contribution is -2.45. The first-order valence-corrected chi connectivity index (χ1v) is 8.48. The average molecular weight is 339 g/mol. The topological polar surface area (TPSA) is 83.4 Å². The van der Waals surface area contributed by atoms with Gasteiger partial charge in [-0.2, -0.15) is 0 Å². The van der Waals surface area contributed by atoms with E-state index in [0.29, 0.717) is 24.4 Å². The van der Waals surface area contributed by atoms with Gasteiger partial charge in [-0.05, 0) is 50.5 Å². The fourth-order valence-electron chi connectivity index (χ4n) is 2.98. The number of aromatic nitrogens is 2. The second-order valence-corrected chi connectivity index (χ2v) is 6.29. The molecule has 3 rings (SSSR count). The van der Waals surface area contributed by atoms with Gasteiger partial charge in [0.1, 0.15) is 5.69 Å². The zero-order valence-electron chi connectivity index (χ0n) is 14.2. The molecule has 1 amide bonds. The smallest absolute Gasteiger partial charge is 0.337 e. The molecular formula is C19H21N3O3. The number of hydrogen-bond acceptors (Lipinski definition) is 4. The number of nitrogens with zero attached hydrogens (tertiary/aromatic N) is 3. The maximum atomic E-state index is 12.9. The van der Waals surface area contributed by atoms with E-state index in [1.165, 1.54) is 12.1 Å². The molecule has 25 heavy (non-hydrogen) atoms. The molecule has 1 fully saturated rings. The van der Waals surface area contributed by atoms with Gasteiger partial charge in [0.2, 0.25) is 0 Å². The van der Waals surface area contributed by atoms with Crippen LogP contribution in [0.2, 0.25) is 0 Å². The average Bonchev–Trinajstić information content (AvgIpc) is 2.56. The molecule has 2 aromatic heterocycles. The van der Waals surface area contributed by atoms with E-state index in [9.17, 15) is 9.59 Å². The van der Waals surface area contributed by atoms with Crippen LogP contribution >= 0.6 is 0 Å². The Balaban J connectivity index is 1.77. The van der Waals surface area contributed by atoms with Gasteiger partial charge in [-0.1, -0.05) is 6.07 Å². The summed E-state index contributed by atoms with van der Waals surface area (Å²) in [4.78, 5) is 34.4. The van der Waals surface area contributed by atoms with Crippen LogP contribution in [0, 0.1) is 6.92 Å². The molecule has 0 spiro atoms. The zero-order chi connectivity index (χ0) is 17.8. The standard InChI is InChI=1S/C19H21N3O3/c1-13-16(19(24)25)8-9-17(21-13)18(23)22(15-6-4-7-15)12-10-14-5-2-3-11-20-14/h2-3,5,8-9,11,15H,4,6-7,10,12H2,1H3,(H,24,25). The number of hydrogen-bond donors (Lipinski definition) is 1. The molecule has 1 aliphatic rings. The minimum absolute atomic E-state index is 0.125. The summed E-state index contributed by atoms with van der Waals surface area (Å²) >= 11 is 0. The molecule has 0 saturated heterocycles. The van der Waals surface area contributed by atoms with Crippen molar-refractivity contribution in [2.24, 2.45) is 0 Å². The van der Waals surface area contributed by atoms with Crippen LogP contribution < -0.4 is 0 Å². The first-order chi connectivity index (χ1) is 12.1. The van der Waals surface area contributed by atoms with Crippen molar-refractivity contribution >= 4 is 11.9 Å². The largest absolute Gasteiger partial charge is 0.478 e. The summed E-state index contributed by atoms with van der Waals surface area (Å²) in [7, 11) is 0. The van der Waals surface area contributed by atoms with Gasteiger partial charge in [0.15, 0.2) is 0 Å². The molecule has 0 unspecified atom stereocenters. The van der Waals surface area contributed by atoms with Gasteiger partial charge in [0.25, 0.3) is 5.91 Å². The van der Waals surface area contributed by atoms with Gasteiger partial charge < -0.3 is 10.0 Å². The lowest BCUT2D eigenvalue weighted by molar-refractivity contribution is 0.0574. The van der Waals surface area contributed by atoms with E-state index in [4.69, 9.17) is 5.11 Å². The summed E-state index contributed by atoms with van der Waals surface area (Å²) in [5.74, 6) is -1.17. The Bertz CT molecular complexity index is 773. The highest BCUT2D eigenvalue weighted by atomic mass is 16.4. The van der Waals surface area contributed by atoms with E-state index in [1.54, 1.807) is 13.1 Å². The van der Waals surface area contributed by atoms with Crippen molar-refractivity contribution in [1.29, 1.82) is 0 Å². The second-order valence-electron chi connectivity index (χ2n) is 6.29. The predicted octanol–water partition coefficient (Wildman–Crippen LogP) is 2.72. The Kier molecular flexibility index (Phi) is 5.07. The van der Waals surface area contributed by atoms with Crippen molar-refractivity contribution in [3.63, 3.8) is 0 Å². The molecule has 2 aromatic rings. The third-order valence-electron chi connectivity index (χ3n) is 4.65. The molecule has 130 valence electrons. The molecule has 6 nitrogen and oxygen atoms in total. The molecule has 0 aliphatic heterocycles. The van der Waals surface area contributed by atoms with Crippen molar-refractivity contribution in [1.82, 2.24) is 14.9 Å². The molecule has 1 saturated carbocycles. The maximum absolute atomic E-state index is 12.9. The molecular weight excluding hydrogens is 318 g/mol. The third-order valence-corrected chi connectivity index (χ3v) is 4.65. The minimum atomic E-state index is -1.03. The highest BCUT2D eigenvalue weighted by molar-refractivity contribution is 5.94. The van der Waals surface area contributed by atoms with E-state index in [0.717, 1.165) is 25.0 Å². The number of pyridine rings is 2. The summed E-state index contributed by atoms with van der Waals surface area (Å²) < 4.78 is 0. The Hall–Kier alpha value is -2.76. The van der Waals surface area contributed by atoms with Crippen LogP contribution in [0.3, 0.4) is 0 Å². The lowest BCUT2D eigenvalue weighted by Gasteiger charge is -2.37. The van der Waals surface area contributed by atoms with Crippen LogP contribution in [-0.4, -0.2) is 44.4 Å². The molecule has 0 atom stereocenters. The SMILES string of the molecule is Cc1nc(C(=O)N(CCc2ccccn2)C2CCC2)ccc1C(=O)O. The van der Waals surface area contributed by atoms with Gasteiger partial charge in [0, 0.05) is 30.9 Å². The quantitative estimate of drug-likeness (QED) is 0.875. The first kappa shape index (κ1) is 17.1. The van der Waals surface area contributed by atoms with Crippen LogP contribution in [0.25, 0.3) is 0 Å². The molecule has 6 heteroatoms. The van der Waals surface area contributed by atoms with Crippen LogP contribution in [0.4, 0.5) is 0 Å². The van der Waals surface area contributed by atoms with Crippen LogP contribution in [0.1, 0.15) is 51.5 Å². The molecule has 1 aliphatic carbocycles. The third kappa shape index (κ3) is 3.84. The maximum Gasteiger partial charge on any atom is 0.337 e. The van der Waals surface area contributed by atoms with E-state index in [1.807, 2.05) is 23.1 Å². The van der Waals surface area contributed by atoms with Crippen LogP contribution in [0.5, 0.6) is 0 Å². The monoisotopic (exact) mass is 339 g/mol. The van der Waals surface area contributed by atoms with Gasteiger partial charge in [0.05, 0.1) is 11.3 Å². The van der Waals surface area contributed by atoms with Crippen molar-refractivity contribution in [2.75, 3.05) is 6.54 Å². The van der Waals surface area contributed by atoms with E-state index in [2.05, 4.69) is 9.97 Å². The molecule has 0 aromatic carbocycles. The number of rotatable bonds is 6. The van der Waals surface area contributed by atoms with Crippen molar-refractivity contribution in [3.05, 3.63) is 59.2 Å². The number of aromatic carboxylic acids is 1. The van der Waals surface area contributed by atoms with Gasteiger partial charge in [-0.25, -0.2) is 9.78 Å². The molecule has 0 bridgehead atoms. The van der Waals surface area contributed by atoms with Crippen molar-refractivity contribution in [2.45, 2.75) is 38.6 Å². The van der Waals surface area contributed by atoms with Gasteiger partial charge in [-0.15, -0.1) is 0 Å². The molecule has 0 radical (unpaired) electrons. The summed E-state index contributed by atoms with van der Waals surface area (Å²) in [6.45, 7) is 2.20. The van der Waals surface area contributed by atoms with Crippen molar-refractivity contribution in [3.8, 4) is 0 Å². The lowest BCUT2D eigenvalue weighted by atomic mass is 9.91. The zero-order valence-corrected chi connectivity index (χ0v) is 14.2. The summed E-state index contributed by atoms with van der Waals surface area (Å²) in [5.41, 5.74) is 1.73. The normalized spacial score (nSPS) is 14.0.